The molecule has 4 heteroatoms. The number of carbonyl (C=O) groups excluding carboxylic acids is 1. The van der Waals surface area contributed by atoms with Gasteiger partial charge in [0.2, 0.25) is 0 Å². The van der Waals surface area contributed by atoms with Crippen LogP contribution in [-0.2, 0) is 4.74 Å². The number of carbonyl (C=O) groups is 1. The van der Waals surface area contributed by atoms with Crippen LogP contribution in [0, 0.1) is 0 Å². The molecule has 17 heavy (non-hydrogen) atoms. The molecule has 2 N–H and O–H groups in total. The van der Waals surface area contributed by atoms with Crippen molar-refractivity contribution in [3.8, 4) is 0 Å². The summed E-state index contributed by atoms with van der Waals surface area (Å²) in [5, 5.41) is 0. The zero-order valence-corrected chi connectivity index (χ0v) is 11.1. The Kier molecular flexibility index (Phi) is 3.34. The van der Waals surface area contributed by atoms with Crippen molar-refractivity contribution in [3.05, 3.63) is 0 Å². The second kappa shape index (κ2) is 4.48. The summed E-state index contributed by atoms with van der Waals surface area (Å²) in [4.78, 5) is 14.2. The molecule has 3 atom stereocenters. The first kappa shape index (κ1) is 12.7. The first-order chi connectivity index (χ1) is 7.87. The molecule has 98 valence electrons. The summed E-state index contributed by atoms with van der Waals surface area (Å²) in [6, 6.07) is 0.894. The van der Waals surface area contributed by atoms with Crippen molar-refractivity contribution in [1.29, 1.82) is 0 Å². The highest BCUT2D eigenvalue weighted by molar-refractivity contribution is 5.69. The fraction of sp³-hybridized carbons (Fsp3) is 0.923. The number of fused-ring (bicyclic) bond motifs is 2. The van der Waals surface area contributed by atoms with Gasteiger partial charge in [0.25, 0.3) is 0 Å². The summed E-state index contributed by atoms with van der Waals surface area (Å²) < 4.78 is 5.49. The molecule has 0 aromatic carbocycles. The van der Waals surface area contributed by atoms with E-state index < -0.39 is 5.60 Å². The summed E-state index contributed by atoms with van der Waals surface area (Å²) in [7, 11) is 0. The van der Waals surface area contributed by atoms with Crippen LogP contribution in [0.2, 0.25) is 0 Å². The van der Waals surface area contributed by atoms with Gasteiger partial charge in [-0.2, -0.15) is 0 Å². The Bertz CT molecular complexity index is 298. The molecule has 0 radical (unpaired) electrons. The maximum atomic E-state index is 12.2. The number of nitrogens with zero attached hydrogens (tertiary/aromatic N) is 1. The van der Waals surface area contributed by atoms with E-state index in [4.69, 9.17) is 10.5 Å². The first-order valence-electron chi connectivity index (χ1n) is 6.64. The fourth-order valence-electron chi connectivity index (χ4n) is 2.96. The lowest BCUT2D eigenvalue weighted by molar-refractivity contribution is 0.0151. The van der Waals surface area contributed by atoms with Crippen molar-refractivity contribution < 1.29 is 9.53 Å². The SMILES string of the molecule is CC(C)(C)OC(=O)N1[C@H]2CC[C@H](N)C[C@@H]1CC2. The molecule has 2 aliphatic rings. The quantitative estimate of drug-likeness (QED) is 0.706. The van der Waals surface area contributed by atoms with E-state index in [1.54, 1.807) is 0 Å². The van der Waals surface area contributed by atoms with Gasteiger partial charge in [0.1, 0.15) is 5.60 Å². The van der Waals surface area contributed by atoms with Crippen LogP contribution in [0.3, 0.4) is 0 Å². The van der Waals surface area contributed by atoms with Crippen LogP contribution in [0.15, 0.2) is 0 Å². The Morgan fingerprint density at radius 1 is 1.18 bits per heavy atom. The minimum atomic E-state index is -0.412. The summed E-state index contributed by atoms with van der Waals surface area (Å²) in [5.74, 6) is 0. The molecule has 2 heterocycles. The molecule has 0 aromatic rings. The van der Waals surface area contributed by atoms with E-state index >= 15 is 0 Å². The van der Waals surface area contributed by atoms with Crippen molar-refractivity contribution in [2.24, 2.45) is 5.73 Å². The van der Waals surface area contributed by atoms with Crippen LogP contribution in [0.1, 0.15) is 52.9 Å². The molecule has 0 aromatic heterocycles. The van der Waals surface area contributed by atoms with Gasteiger partial charge in [0, 0.05) is 18.1 Å². The smallest absolute Gasteiger partial charge is 0.410 e. The second-order valence-corrected chi connectivity index (χ2v) is 6.35. The number of nitrogens with two attached hydrogens (primary N) is 1. The normalized spacial score (nSPS) is 33.4. The number of amides is 1. The highest BCUT2D eigenvalue weighted by Gasteiger charge is 2.41. The lowest BCUT2D eigenvalue weighted by Crippen LogP contribution is -2.43. The van der Waals surface area contributed by atoms with Crippen LogP contribution >= 0.6 is 0 Å². The van der Waals surface area contributed by atoms with Crippen molar-refractivity contribution in [1.82, 2.24) is 4.90 Å². The molecule has 2 bridgehead atoms. The number of rotatable bonds is 0. The summed E-state index contributed by atoms with van der Waals surface area (Å²) in [6.07, 6.45) is 5.01. The molecule has 2 saturated heterocycles. The van der Waals surface area contributed by atoms with Crippen molar-refractivity contribution in [2.45, 2.75) is 76.6 Å². The lowest BCUT2D eigenvalue weighted by Gasteiger charge is -2.31. The van der Waals surface area contributed by atoms with E-state index in [-0.39, 0.29) is 12.1 Å². The van der Waals surface area contributed by atoms with Crippen molar-refractivity contribution >= 4 is 6.09 Å². The van der Waals surface area contributed by atoms with Crippen molar-refractivity contribution in [3.63, 3.8) is 0 Å². The molecular weight excluding hydrogens is 216 g/mol. The summed E-state index contributed by atoms with van der Waals surface area (Å²) in [5.41, 5.74) is 5.62. The number of hydrogen-bond donors (Lipinski definition) is 1. The minimum absolute atomic E-state index is 0.154. The van der Waals surface area contributed by atoms with Gasteiger partial charge in [-0.3, -0.25) is 0 Å². The van der Waals surface area contributed by atoms with E-state index in [2.05, 4.69) is 0 Å². The Morgan fingerprint density at radius 2 is 1.76 bits per heavy atom. The zero-order valence-electron chi connectivity index (χ0n) is 11.1. The molecule has 1 amide bonds. The van der Waals surface area contributed by atoms with E-state index in [0.717, 1.165) is 32.1 Å². The minimum Gasteiger partial charge on any atom is -0.444 e. The standard InChI is InChI=1S/C13H24N2O2/c1-13(2,3)17-12(16)15-10-5-4-9(14)8-11(15)7-6-10/h9-11H,4-8,14H2,1-3H3/t9-,10-,11-/m0/s1. The Balaban J connectivity index is 2.07. The van der Waals surface area contributed by atoms with Gasteiger partial charge in [0.15, 0.2) is 0 Å². The van der Waals surface area contributed by atoms with E-state index in [0.29, 0.717) is 12.1 Å². The van der Waals surface area contributed by atoms with Gasteiger partial charge < -0.3 is 15.4 Å². The van der Waals surface area contributed by atoms with Crippen LogP contribution in [0.25, 0.3) is 0 Å². The van der Waals surface area contributed by atoms with Crippen LogP contribution in [0.5, 0.6) is 0 Å². The highest BCUT2D eigenvalue weighted by atomic mass is 16.6. The predicted octanol–water partition coefficient (Wildman–Crippen LogP) is 2.27. The molecule has 0 saturated carbocycles. The molecule has 2 rings (SSSR count). The Morgan fingerprint density at radius 3 is 2.41 bits per heavy atom. The fourth-order valence-corrected chi connectivity index (χ4v) is 2.96. The van der Waals surface area contributed by atoms with Crippen LogP contribution in [-0.4, -0.2) is 34.7 Å². The Labute approximate surface area is 103 Å². The van der Waals surface area contributed by atoms with Crippen LogP contribution < -0.4 is 5.73 Å². The molecule has 4 nitrogen and oxygen atoms in total. The van der Waals surface area contributed by atoms with Gasteiger partial charge in [-0.1, -0.05) is 0 Å². The highest BCUT2D eigenvalue weighted by Crippen LogP contribution is 2.34. The molecule has 2 fully saturated rings. The molecule has 0 aliphatic carbocycles. The third-order valence-electron chi connectivity index (χ3n) is 3.67. The maximum absolute atomic E-state index is 12.2. The van der Waals surface area contributed by atoms with Gasteiger partial charge in [0.05, 0.1) is 0 Å². The van der Waals surface area contributed by atoms with Crippen molar-refractivity contribution in [2.75, 3.05) is 0 Å². The van der Waals surface area contributed by atoms with E-state index in [1.807, 2.05) is 25.7 Å². The number of hydrogen-bond acceptors (Lipinski definition) is 3. The summed E-state index contributed by atoms with van der Waals surface area (Å²) in [6.45, 7) is 5.74. The summed E-state index contributed by atoms with van der Waals surface area (Å²) >= 11 is 0. The van der Waals surface area contributed by atoms with Gasteiger partial charge in [-0.25, -0.2) is 4.79 Å². The zero-order chi connectivity index (χ0) is 12.6. The van der Waals surface area contributed by atoms with Gasteiger partial charge in [-0.15, -0.1) is 0 Å². The maximum Gasteiger partial charge on any atom is 0.410 e. The average Bonchev–Trinajstić information content (AvgIpc) is 2.45. The molecule has 0 spiro atoms. The number of ether oxygens (including phenoxy) is 1. The Hall–Kier alpha value is -0.770. The van der Waals surface area contributed by atoms with Gasteiger partial charge >= 0.3 is 6.09 Å². The monoisotopic (exact) mass is 240 g/mol. The third-order valence-corrected chi connectivity index (χ3v) is 3.67. The largest absolute Gasteiger partial charge is 0.444 e. The topological polar surface area (TPSA) is 55.6 Å². The third kappa shape index (κ3) is 2.92. The van der Waals surface area contributed by atoms with Gasteiger partial charge in [-0.05, 0) is 52.9 Å². The van der Waals surface area contributed by atoms with Crippen LogP contribution in [0.4, 0.5) is 4.79 Å². The molecule has 0 unspecified atom stereocenters. The lowest BCUT2D eigenvalue weighted by atomic mass is 9.98. The van der Waals surface area contributed by atoms with E-state index in [1.165, 1.54) is 0 Å². The van der Waals surface area contributed by atoms with E-state index in [9.17, 15) is 4.79 Å². The molecule has 2 aliphatic heterocycles. The second-order valence-electron chi connectivity index (χ2n) is 6.35. The average molecular weight is 240 g/mol. The molecular formula is C13H24N2O2. The first-order valence-corrected chi connectivity index (χ1v) is 6.64. The predicted molar refractivity (Wildman–Crippen MR) is 66.7 cm³/mol.